The Kier molecular flexibility index (Phi) is 2.76. The molecule has 0 aromatic carbocycles. The van der Waals surface area contributed by atoms with Gasteiger partial charge in [0.25, 0.3) is 0 Å². The van der Waals surface area contributed by atoms with Gasteiger partial charge in [0.05, 0.1) is 11.3 Å². The zero-order valence-electron chi connectivity index (χ0n) is 9.97. The van der Waals surface area contributed by atoms with Crippen molar-refractivity contribution >= 4 is 11.6 Å². The predicted octanol–water partition coefficient (Wildman–Crippen LogP) is 1.50. The summed E-state index contributed by atoms with van der Waals surface area (Å²) >= 11 is 0. The van der Waals surface area contributed by atoms with Gasteiger partial charge in [-0.15, -0.1) is 0 Å². The average Bonchev–Trinajstić information content (AvgIpc) is 2.82. The molecule has 2 aromatic heterocycles. The molecule has 0 radical (unpaired) electrons. The molecule has 3 heterocycles. The van der Waals surface area contributed by atoms with Gasteiger partial charge < -0.3 is 14.8 Å². The Morgan fingerprint density at radius 1 is 1.44 bits per heavy atom. The fourth-order valence-corrected chi connectivity index (χ4v) is 2.45. The van der Waals surface area contributed by atoms with Crippen molar-refractivity contribution in [2.75, 3.05) is 13.1 Å². The van der Waals surface area contributed by atoms with E-state index in [1.165, 1.54) is 0 Å². The van der Waals surface area contributed by atoms with E-state index in [-0.39, 0.29) is 5.56 Å². The van der Waals surface area contributed by atoms with E-state index in [2.05, 4.69) is 10.3 Å². The van der Waals surface area contributed by atoms with Crippen LogP contribution in [0.25, 0.3) is 5.65 Å². The van der Waals surface area contributed by atoms with E-state index in [9.17, 15) is 4.79 Å². The maximum atomic E-state index is 10.9. The number of carbonyl (C=O) groups is 1. The molecule has 1 saturated heterocycles. The van der Waals surface area contributed by atoms with E-state index >= 15 is 0 Å². The van der Waals surface area contributed by atoms with Crippen molar-refractivity contribution in [3.05, 3.63) is 35.8 Å². The van der Waals surface area contributed by atoms with Crippen molar-refractivity contribution in [2.24, 2.45) is 0 Å². The van der Waals surface area contributed by atoms with Crippen molar-refractivity contribution < 1.29 is 9.90 Å². The van der Waals surface area contributed by atoms with Crippen LogP contribution >= 0.6 is 0 Å². The molecule has 1 aliphatic rings. The molecule has 18 heavy (non-hydrogen) atoms. The van der Waals surface area contributed by atoms with Gasteiger partial charge in [-0.1, -0.05) is 0 Å². The predicted molar refractivity (Wildman–Crippen MR) is 67.0 cm³/mol. The number of nitrogens with one attached hydrogen (secondary N) is 1. The van der Waals surface area contributed by atoms with E-state index in [0.29, 0.717) is 11.6 Å². The van der Waals surface area contributed by atoms with Gasteiger partial charge in [-0.2, -0.15) is 0 Å². The molecule has 0 bridgehead atoms. The van der Waals surface area contributed by atoms with Crippen LogP contribution in [0.2, 0.25) is 0 Å². The minimum absolute atomic E-state index is 0.282. The summed E-state index contributed by atoms with van der Waals surface area (Å²) in [5.41, 5.74) is 2.06. The van der Waals surface area contributed by atoms with Crippen molar-refractivity contribution in [3.63, 3.8) is 0 Å². The lowest BCUT2D eigenvalue weighted by molar-refractivity contribution is 0.0697. The fraction of sp³-hybridized carbons (Fsp3) is 0.385. The highest BCUT2D eigenvalue weighted by Crippen LogP contribution is 2.24. The quantitative estimate of drug-likeness (QED) is 0.841. The summed E-state index contributed by atoms with van der Waals surface area (Å²) in [6, 6.07) is 3.22. The van der Waals surface area contributed by atoms with E-state index in [1.807, 2.05) is 10.6 Å². The molecule has 1 fully saturated rings. The molecule has 94 valence electrons. The second-order valence-electron chi connectivity index (χ2n) is 4.68. The number of aromatic carboxylic acids is 1. The molecule has 0 atom stereocenters. The summed E-state index contributed by atoms with van der Waals surface area (Å²) in [7, 11) is 0. The van der Waals surface area contributed by atoms with E-state index in [1.54, 1.807) is 18.3 Å². The van der Waals surface area contributed by atoms with Crippen molar-refractivity contribution in [3.8, 4) is 0 Å². The molecule has 3 rings (SSSR count). The van der Waals surface area contributed by atoms with Crippen LogP contribution < -0.4 is 5.32 Å². The Labute approximate surface area is 104 Å². The number of carboxylic acids is 1. The normalized spacial score (nSPS) is 17.1. The van der Waals surface area contributed by atoms with Crippen molar-refractivity contribution in [1.82, 2.24) is 14.7 Å². The van der Waals surface area contributed by atoms with Crippen LogP contribution in [0, 0.1) is 0 Å². The SMILES string of the molecule is O=C(O)c1ccn2cc(C3CCNCC3)nc2c1. The Hall–Kier alpha value is -1.88. The summed E-state index contributed by atoms with van der Waals surface area (Å²) in [6.07, 6.45) is 5.96. The maximum absolute atomic E-state index is 10.9. The Morgan fingerprint density at radius 3 is 2.94 bits per heavy atom. The summed E-state index contributed by atoms with van der Waals surface area (Å²) in [4.78, 5) is 15.5. The van der Waals surface area contributed by atoms with Gasteiger partial charge in [-0.25, -0.2) is 9.78 Å². The molecule has 0 aliphatic carbocycles. The molecule has 0 amide bonds. The van der Waals surface area contributed by atoms with Crippen molar-refractivity contribution in [1.29, 1.82) is 0 Å². The fourth-order valence-electron chi connectivity index (χ4n) is 2.45. The molecule has 0 saturated carbocycles. The first kappa shape index (κ1) is 11.2. The molecule has 1 aliphatic heterocycles. The number of piperidine rings is 1. The van der Waals surface area contributed by atoms with Gasteiger partial charge in [0.1, 0.15) is 5.65 Å². The number of hydrogen-bond acceptors (Lipinski definition) is 3. The average molecular weight is 245 g/mol. The van der Waals surface area contributed by atoms with Gasteiger partial charge >= 0.3 is 5.97 Å². The number of rotatable bonds is 2. The minimum Gasteiger partial charge on any atom is -0.478 e. The zero-order valence-corrected chi connectivity index (χ0v) is 9.97. The second-order valence-corrected chi connectivity index (χ2v) is 4.68. The Balaban J connectivity index is 1.97. The highest BCUT2D eigenvalue weighted by molar-refractivity contribution is 5.88. The van der Waals surface area contributed by atoms with Gasteiger partial charge in [0.15, 0.2) is 0 Å². The van der Waals surface area contributed by atoms with Crippen LogP contribution in [-0.4, -0.2) is 33.6 Å². The summed E-state index contributed by atoms with van der Waals surface area (Å²) in [6.45, 7) is 2.05. The number of fused-ring (bicyclic) bond motifs is 1. The number of nitrogens with zero attached hydrogens (tertiary/aromatic N) is 2. The number of aromatic nitrogens is 2. The van der Waals surface area contributed by atoms with Crippen molar-refractivity contribution in [2.45, 2.75) is 18.8 Å². The zero-order chi connectivity index (χ0) is 12.5. The standard InChI is InChI=1S/C13H15N3O2/c17-13(18)10-3-6-16-8-11(15-12(16)7-10)9-1-4-14-5-2-9/h3,6-9,14H,1-2,4-5H2,(H,17,18). The van der Waals surface area contributed by atoms with Crippen LogP contribution in [0.1, 0.15) is 34.8 Å². The van der Waals surface area contributed by atoms with Crippen LogP contribution in [0.4, 0.5) is 0 Å². The first-order valence-electron chi connectivity index (χ1n) is 6.17. The second kappa shape index (κ2) is 4.42. The summed E-state index contributed by atoms with van der Waals surface area (Å²) in [5, 5.41) is 12.3. The lowest BCUT2D eigenvalue weighted by atomic mass is 9.95. The van der Waals surface area contributed by atoms with E-state index < -0.39 is 5.97 Å². The van der Waals surface area contributed by atoms with Gasteiger partial charge in [-0.3, -0.25) is 0 Å². The number of pyridine rings is 1. The lowest BCUT2D eigenvalue weighted by Gasteiger charge is -2.20. The monoisotopic (exact) mass is 245 g/mol. The lowest BCUT2D eigenvalue weighted by Crippen LogP contribution is -2.26. The maximum Gasteiger partial charge on any atom is 0.335 e. The molecule has 0 spiro atoms. The van der Waals surface area contributed by atoms with Gasteiger partial charge in [-0.05, 0) is 38.1 Å². The number of carboxylic acid groups (broad SMARTS) is 1. The Morgan fingerprint density at radius 2 is 2.22 bits per heavy atom. The highest BCUT2D eigenvalue weighted by atomic mass is 16.4. The molecule has 5 heteroatoms. The molecule has 2 N–H and O–H groups in total. The van der Waals surface area contributed by atoms with Crippen LogP contribution in [0.15, 0.2) is 24.5 Å². The third-order valence-electron chi connectivity index (χ3n) is 3.48. The van der Waals surface area contributed by atoms with Crippen LogP contribution in [0.3, 0.4) is 0 Å². The smallest absolute Gasteiger partial charge is 0.335 e. The van der Waals surface area contributed by atoms with E-state index in [4.69, 9.17) is 5.11 Å². The largest absolute Gasteiger partial charge is 0.478 e. The molecular formula is C13H15N3O2. The minimum atomic E-state index is -0.913. The third kappa shape index (κ3) is 1.97. The first-order valence-corrected chi connectivity index (χ1v) is 6.17. The van der Waals surface area contributed by atoms with E-state index in [0.717, 1.165) is 31.6 Å². The summed E-state index contributed by atoms with van der Waals surface area (Å²) in [5.74, 6) is -0.427. The third-order valence-corrected chi connectivity index (χ3v) is 3.48. The van der Waals surface area contributed by atoms with Crippen LogP contribution in [-0.2, 0) is 0 Å². The highest BCUT2D eigenvalue weighted by Gasteiger charge is 2.18. The number of hydrogen-bond donors (Lipinski definition) is 2. The summed E-state index contributed by atoms with van der Waals surface area (Å²) < 4.78 is 1.89. The topological polar surface area (TPSA) is 66.6 Å². The first-order chi connectivity index (χ1) is 8.74. The van der Waals surface area contributed by atoms with Gasteiger partial charge in [0, 0.05) is 18.3 Å². The molecule has 0 unspecified atom stereocenters. The molecule has 5 nitrogen and oxygen atoms in total. The Bertz CT molecular complexity index is 585. The van der Waals surface area contributed by atoms with Gasteiger partial charge in [0.2, 0.25) is 0 Å². The molecular weight excluding hydrogens is 230 g/mol. The number of imidazole rings is 1. The molecule has 2 aromatic rings. The van der Waals surface area contributed by atoms with Crippen LogP contribution in [0.5, 0.6) is 0 Å².